The molecule has 0 radical (unpaired) electrons. The van der Waals surface area contributed by atoms with Crippen LogP contribution in [0, 0.1) is 28.9 Å². The lowest BCUT2D eigenvalue weighted by molar-refractivity contribution is -0.383. The monoisotopic (exact) mass is 264 g/mol. The molecule has 0 saturated heterocycles. The molecule has 2 unspecified atom stereocenters. The van der Waals surface area contributed by atoms with Crippen LogP contribution in [0.2, 0.25) is 0 Å². The van der Waals surface area contributed by atoms with Crippen LogP contribution in [0.4, 0.5) is 11.4 Å². The van der Waals surface area contributed by atoms with Crippen molar-refractivity contribution in [3.8, 4) is 0 Å². The number of hydrogen-bond donors (Lipinski definition) is 2. The summed E-state index contributed by atoms with van der Waals surface area (Å²) in [6, 6.07) is 4.38. The fraction of sp³-hybridized carbons (Fsp3) is 0.333. The van der Waals surface area contributed by atoms with E-state index in [1.165, 1.54) is 12.1 Å². The first-order valence-electron chi connectivity index (χ1n) is 5.69. The summed E-state index contributed by atoms with van der Waals surface area (Å²) in [6.45, 7) is 1.75. The summed E-state index contributed by atoms with van der Waals surface area (Å²) in [7, 11) is 0. The molecule has 0 bridgehead atoms. The molecule has 1 fully saturated rings. The molecule has 100 valence electrons. The number of amides is 1. The molecule has 1 saturated carbocycles. The third kappa shape index (κ3) is 2.70. The van der Waals surface area contributed by atoms with E-state index < -0.39 is 28.6 Å². The zero-order valence-corrected chi connectivity index (χ0v) is 10.1. The summed E-state index contributed by atoms with van der Waals surface area (Å²) in [6.07, 6.45) is 0.279. The second kappa shape index (κ2) is 4.68. The first kappa shape index (κ1) is 13.0. The normalized spacial score (nSPS) is 20.7. The largest absolute Gasteiger partial charge is 0.481 e. The Morgan fingerprint density at radius 1 is 1.42 bits per heavy atom. The Labute approximate surface area is 108 Å². The number of benzene rings is 1. The van der Waals surface area contributed by atoms with Crippen molar-refractivity contribution in [1.29, 1.82) is 0 Å². The standard InChI is InChI=1S/C12H12N2O5/c1-6-2-3-10(14(18)19)9(4-6)13-11(15)7-5-8(7)12(16)17/h2-4,7-8H,5H2,1H3,(H,13,15)(H,16,17). The first-order chi connectivity index (χ1) is 8.90. The number of rotatable bonds is 4. The van der Waals surface area contributed by atoms with Gasteiger partial charge in [0.2, 0.25) is 5.91 Å². The van der Waals surface area contributed by atoms with Gasteiger partial charge >= 0.3 is 5.97 Å². The van der Waals surface area contributed by atoms with Crippen molar-refractivity contribution >= 4 is 23.3 Å². The van der Waals surface area contributed by atoms with Gasteiger partial charge in [0.05, 0.1) is 16.8 Å². The zero-order valence-electron chi connectivity index (χ0n) is 10.1. The SMILES string of the molecule is Cc1ccc([N+](=O)[O-])c(NC(=O)C2CC2C(=O)O)c1. The van der Waals surface area contributed by atoms with Gasteiger partial charge in [-0.05, 0) is 25.0 Å². The molecule has 19 heavy (non-hydrogen) atoms. The number of aryl methyl sites for hydroxylation is 1. The van der Waals surface area contributed by atoms with Crippen LogP contribution in [0.3, 0.4) is 0 Å². The van der Waals surface area contributed by atoms with Crippen LogP contribution in [-0.2, 0) is 9.59 Å². The molecule has 0 aliphatic heterocycles. The van der Waals surface area contributed by atoms with Gasteiger partial charge in [-0.15, -0.1) is 0 Å². The smallest absolute Gasteiger partial charge is 0.307 e. The number of carbonyl (C=O) groups excluding carboxylic acids is 1. The Bertz CT molecular complexity index is 569. The molecule has 1 aliphatic rings. The zero-order chi connectivity index (χ0) is 14.2. The van der Waals surface area contributed by atoms with E-state index in [0.29, 0.717) is 0 Å². The maximum atomic E-state index is 11.8. The molecule has 7 heteroatoms. The molecule has 7 nitrogen and oxygen atoms in total. The van der Waals surface area contributed by atoms with E-state index in [9.17, 15) is 19.7 Å². The highest BCUT2D eigenvalue weighted by Crippen LogP contribution is 2.40. The molecule has 1 amide bonds. The van der Waals surface area contributed by atoms with Crippen molar-refractivity contribution in [1.82, 2.24) is 0 Å². The number of nitro benzene ring substituents is 1. The number of anilines is 1. The number of carbonyl (C=O) groups is 2. The maximum absolute atomic E-state index is 11.8. The second-order valence-electron chi connectivity index (χ2n) is 4.55. The van der Waals surface area contributed by atoms with Crippen LogP contribution in [-0.4, -0.2) is 21.9 Å². The molecule has 0 aromatic heterocycles. The number of carboxylic acid groups (broad SMARTS) is 1. The van der Waals surface area contributed by atoms with Crippen molar-refractivity contribution in [2.24, 2.45) is 11.8 Å². The summed E-state index contributed by atoms with van der Waals surface area (Å²) in [5.41, 5.74) is 0.670. The summed E-state index contributed by atoms with van der Waals surface area (Å²) >= 11 is 0. The van der Waals surface area contributed by atoms with E-state index >= 15 is 0 Å². The van der Waals surface area contributed by atoms with E-state index in [4.69, 9.17) is 5.11 Å². The van der Waals surface area contributed by atoms with E-state index in [0.717, 1.165) is 5.56 Å². The predicted molar refractivity (Wildman–Crippen MR) is 65.7 cm³/mol. The van der Waals surface area contributed by atoms with Crippen LogP contribution >= 0.6 is 0 Å². The van der Waals surface area contributed by atoms with Crippen LogP contribution in [0.5, 0.6) is 0 Å². The van der Waals surface area contributed by atoms with Gasteiger partial charge in [0.15, 0.2) is 0 Å². The minimum Gasteiger partial charge on any atom is -0.481 e. The minimum absolute atomic E-state index is 0.103. The summed E-state index contributed by atoms with van der Waals surface area (Å²) in [4.78, 5) is 32.7. The molecule has 1 aromatic rings. The summed E-state index contributed by atoms with van der Waals surface area (Å²) in [5, 5.41) is 22.0. The number of aliphatic carboxylic acids is 1. The number of hydrogen-bond acceptors (Lipinski definition) is 4. The van der Waals surface area contributed by atoms with Crippen molar-refractivity contribution < 1.29 is 19.6 Å². The van der Waals surface area contributed by atoms with E-state index in [1.54, 1.807) is 13.0 Å². The average molecular weight is 264 g/mol. The van der Waals surface area contributed by atoms with Gasteiger partial charge in [0.25, 0.3) is 5.69 Å². The van der Waals surface area contributed by atoms with Gasteiger partial charge in [-0.25, -0.2) is 0 Å². The number of nitrogens with zero attached hydrogens (tertiary/aromatic N) is 1. The fourth-order valence-corrected chi connectivity index (χ4v) is 1.89. The number of nitrogens with one attached hydrogen (secondary N) is 1. The highest BCUT2D eigenvalue weighted by Gasteiger charge is 2.48. The third-order valence-corrected chi connectivity index (χ3v) is 3.05. The first-order valence-corrected chi connectivity index (χ1v) is 5.69. The Kier molecular flexibility index (Phi) is 3.20. The van der Waals surface area contributed by atoms with Crippen LogP contribution in [0.15, 0.2) is 18.2 Å². The van der Waals surface area contributed by atoms with E-state index in [1.807, 2.05) is 0 Å². The Morgan fingerprint density at radius 3 is 2.63 bits per heavy atom. The highest BCUT2D eigenvalue weighted by atomic mass is 16.6. The molecule has 2 rings (SSSR count). The van der Waals surface area contributed by atoms with Crippen LogP contribution in [0.25, 0.3) is 0 Å². The third-order valence-electron chi connectivity index (χ3n) is 3.05. The highest BCUT2D eigenvalue weighted by molar-refractivity contribution is 5.99. The number of nitro groups is 1. The quantitative estimate of drug-likeness (QED) is 0.633. The van der Waals surface area contributed by atoms with E-state index in [2.05, 4.69) is 5.32 Å². The van der Waals surface area contributed by atoms with Crippen molar-refractivity contribution in [3.63, 3.8) is 0 Å². The molecular formula is C12H12N2O5. The average Bonchev–Trinajstić information content (AvgIpc) is 3.08. The lowest BCUT2D eigenvalue weighted by atomic mass is 10.2. The van der Waals surface area contributed by atoms with Gasteiger partial charge in [-0.3, -0.25) is 19.7 Å². The maximum Gasteiger partial charge on any atom is 0.307 e. The molecule has 0 heterocycles. The molecular weight excluding hydrogens is 252 g/mol. The Balaban J connectivity index is 2.15. The molecule has 0 spiro atoms. The lowest BCUT2D eigenvalue weighted by Crippen LogP contribution is -2.17. The molecule has 2 N–H and O–H groups in total. The Morgan fingerprint density at radius 2 is 2.11 bits per heavy atom. The molecule has 1 aliphatic carbocycles. The number of carboxylic acids is 1. The van der Waals surface area contributed by atoms with E-state index in [-0.39, 0.29) is 17.8 Å². The van der Waals surface area contributed by atoms with Gasteiger partial charge < -0.3 is 10.4 Å². The van der Waals surface area contributed by atoms with Gasteiger partial charge in [0.1, 0.15) is 5.69 Å². The topological polar surface area (TPSA) is 110 Å². The Hall–Kier alpha value is -2.44. The molecule has 1 aromatic carbocycles. The van der Waals surface area contributed by atoms with Gasteiger partial charge in [-0.2, -0.15) is 0 Å². The van der Waals surface area contributed by atoms with Crippen LogP contribution < -0.4 is 5.32 Å². The predicted octanol–water partition coefficient (Wildman–Crippen LogP) is 1.56. The summed E-state index contributed by atoms with van der Waals surface area (Å²) < 4.78 is 0. The van der Waals surface area contributed by atoms with Gasteiger partial charge in [0, 0.05) is 6.07 Å². The molecule has 2 atom stereocenters. The summed E-state index contributed by atoms with van der Waals surface area (Å²) in [5.74, 6) is -2.78. The van der Waals surface area contributed by atoms with Crippen molar-refractivity contribution in [2.75, 3.05) is 5.32 Å². The second-order valence-corrected chi connectivity index (χ2v) is 4.55. The lowest BCUT2D eigenvalue weighted by Gasteiger charge is -2.06. The van der Waals surface area contributed by atoms with Gasteiger partial charge in [-0.1, -0.05) is 6.07 Å². The fourth-order valence-electron chi connectivity index (χ4n) is 1.89. The van der Waals surface area contributed by atoms with Crippen molar-refractivity contribution in [3.05, 3.63) is 33.9 Å². The minimum atomic E-state index is -1.01. The van der Waals surface area contributed by atoms with Crippen molar-refractivity contribution in [2.45, 2.75) is 13.3 Å². The van der Waals surface area contributed by atoms with Crippen LogP contribution in [0.1, 0.15) is 12.0 Å².